The molecule has 0 fully saturated rings. The van der Waals surface area contributed by atoms with E-state index in [0.29, 0.717) is 32.2 Å². The van der Waals surface area contributed by atoms with E-state index in [0.717, 1.165) is 25.1 Å². The predicted molar refractivity (Wildman–Crippen MR) is 101 cm³/mol. The molecule has 4 N–H and O–H groups in total. The smallest absolute Gasteiger partial charge is 0.451 e. The number of unbranched alkanes of at least 4 members (excludes halogenated alkanes) is 1. The van der Waals surface area contributed by atoms with Crippen molar-refractivity contribution in [2.45, 2.75) is 44.0 Å². The average molecular weight is 350 g/mol. The third-order valence-electron chi connectivity index (χ3n) is 5.06. The molecule has 0 aromatic heterocycles. The fraction of sp³-hybridized carbons (Fsp3) is 0.611. The van der Waals surface area contributed by atoms with Crippen LogP contribution in [0.1, 0.15) is 32.1 Å². The van der Waals surface area contributed by atoms with E-state index in [1.54, 1.807) is 7.05 Å². The highest BCUT2D eigenvalue weighted by Gasteiger charge is 2.36. The number of nitrogens with one attached hydrogen (secondary N) is 1. The lowest BCUT2D eigenvalue weighted by Gasteiger charge is -2.34. The maximum Gasteiger partial charge on any atom is 0.451 e. The minimum atomic E-state index is -1.33. The molecule has 0 radical (unpaired) electrons. The molecule has 7 heteroatoms. The molecule has 0 aromatic rings. The normalized spacial score (nSPS) is 17.9. The molecule has 0 aromatic carbocycles. The highest BCUT2D eigenvalue weighted by Crippen LogP contribution is 2.24. The van der Waals surface area contributed by atoms with Gasteiger partial charge in [0.2, 0.25) is 0 Å². The summed E-state index contributed by atoms with van der Waals surface area (Å²) in [5.41, 5.74) is 1.38. The number of carboxylic acids is 1. The molecule has 1 rings (SSSR count). The van der Waals surface area contributed by atoms with Crippen LogP contribution in [0.25, 0.3) is 0 Å². The number of rotatable bonds is 12. The van der Waals surface area contributed by atoms with Crippen LogP contribution in [0.3, 0.4) is 0 Å². The van der Waals surface area contributed by atoms with Crippen LogP contribution in [-0.4, -0.2) is 65.4 Å². The second-order valence-electron chi connectivity index (χ2n) is 6.60. The van der Waals surface area contributed by atoms with Gasteiger partial charge in [0.25, 0.3) is 0 Å². The first kappa shape index (κ1) is 21.6. The molecule has 1 aliphatic rings. The Balaban J connectivity index is 2.64. The standard InChI is InChI=1S/C18H31BN2O4/c1-4-15-8-12-21(14-16(15)5-2)13-10-18(20-3,17(22)23)9-6-7-11-19(24)25/h4-5,20,24-25H,1-2,6-14H2,3H3,(H,22,23). The fourth-order valence-electron chi connectivity index (χ4n) is 3.28. The van der Waals surface area contributed by atoms with E-state index >= 15 is 0 Å². The monoisotopic (exact) mass is 350 g/mol. The van der Waals surface area contributed by atoms with Crippen molar-refractivity contribution in [3.63, 3.8) is 0 Å². The maximum absolute atomic E-state index is 11.9. The van der Waals surface area contributed by atoms with E-state index in [1.807, 2.05) is 12.2 Å². The SMILES string of the molecule is C=CC1=C(C=C)CN(CCC(CCCCB(O)O)(NC)C(=O)O)CC1. The van der Waals surface area contributed by atoms with Crippen LogP contribution in [0.5, 0.6) is 0 Å². The molecule has 0 spiro atoms. The molecule has 0 saturated carbocycles. The molecule has 0 saturated heterocycles. The second kappa shape index (κ2) is 10.6. The van der Waals surface area contributed by atoms with Gasteiger partial charge in [-0.25, -0.2) is 0 Å². The molecule has 6 nitrogen and oxygen atoms in total. The first-order valence-electron chi connectivity index (χ1n) is 8.86. The van der Waals surface area contributed by atoms with Gasteiger partial charge in [-0.15, -0.1) is 0 Å². The lowest BCUT2D eigenvalue weighted by atomic mass is 9.81. The van der Waals surface area contributed by atoms with Crippen LogP contribution in [-0.2, 0) is 4.79 Å². The van der Waals surface area contributed by atoms with Crippen LogP contribution >= 0.6 is 0 Å². The van der Waals surface area contributed by atoms with Gasteiger partial charge in [-0.1, -0.05) is 38.2 Å². The summed E-state index contributed by atoms with van der Waals surface area (Å²) in [5, 5.41) is 30.5. The van der Waals surface area contributed by atoms with Gasteiger partial charge < -0.3 is 20.5 Å². The Bertz CT molecular complexity index is 507. The van der Waals surface area contributed by atoms with Crippen molar-refractivity contribution >= 4 is 13.1 Å². The van der Waals surface area contributed by atoms with Gasteiger partial charge in [0.05, 0.1) is 0 Å². The van der Waals surface area contributed by atoms with Crippen molar-refractivity contribution in [1.82, 2.24) is 10.2 Å². The van der Waals surface area contributed by atoms with Crippen molar-refractivity contribution in [1.29, 1.82) is 0 Å². The topological polar surface area (TPSA) is 93.0 Å². The number of carboxylic acid groups (broad SMARTS) is 1. The minimum Gasteiger partial charge on any atom is -0.480 e. The lowest BCUT2D eigenvalue weighted by molar-refractivity contribution is -0.145. The van der Waals surface area contributed by atoms with Gasteiger partial charge in [0.15, 0.2) is 0 Å². The second-order valence-corrected chi connectivity index (χ2v) is 6.60. The number of likely N-dealkylation sites (N-methyl/N-ethyl adjacent to an activating group) is 1. The van der Waals surface area contributed by atoms with Gasteiger partial charge in [0, 0.05) is 19.6 Å². The molecule has 140 valence electrons. The van der Waals surface area contributed by atoms with Crippen LogP contribution < -0.4 is 5.32 Å². The summed E-state index contributed by atoms with van der Waals surface area (Å²) in [7, 11) is 0.348. The molecule has 1 heterocycles. The number of nitrogens with zero attached hydrogens (tertiary/aromatic N) is 1. The summed E-state index contributed by atoms with van der Waals surface area (Å²) in [6.07, 6.45) is 7.07. The zero-order valence-electron chi connectivity index (χ0n) is 15.2. The maximum atomic E-state index is 11.9. The number of aliphatic carboxylic acids is 1. The quantitative estimate of drug-likeness (QED) is 0.314. The molecule has 25 heavy (non-hydrogen) atoms. The Morgan fingerprint density at radius 3 is 2.48 bits per heavy atom. The molecule has 1 unspecified atom stereocenters. The first-order valence-corrected chi connectivity index (χ1v) is 8.86. The Kier molecular flexibility index (Phi) is 9.14. The van der Waals surface area contributed by atoms with E-state index in [1.165, 1.54) is 5.57 Å². The van der Waals surface area contributed by atoms with E-state index in [2.05, 4.69) is 23.4 Å². The van der Waals surface area contributed by atoms with Crippen molar-refractivity contribution in [3.05, 3.63) is 36.5 Å². The van der Waals surface area contributed by atoms with Crippen molar-refractivity contribution in [2.24, 2.45) is 0 Å². The number of hydrogen-bond acceptors (Lipinski definition) is 5. The van der Waals surface area contributed by atoms with E-state index in [-0.39, 0.29) is 6.32 Å². The zero-order chi connectivity index (χ0) is 18.9. The third-order valence-corrected chi connectivity index (χ3v) is 5.06. The highest BCUT2D eigenvalue weighted by atomic mass is 16.4. The molecule has 0 aliphatic carbocycles. The molecular formula is C18H31BN2O4. The largest absolute Gasteiger partial charge is 0.480 e. The van der Waals surface area contributed by atoms with Gasteiger partial charge in [-0.2, -0.15) is 0 Å². The zero-order valence-corrected chi connectivity index (χ0v) is 15.2. The molecule has 1 atom stereocenters. The third kappa shape index (κ3) is 6.43. The summed E-state index contributed by atoms with van der Waals surface area (Å²) in [5.74, 6) is -0.858. The first-order chi connectivity index (χ1) is 11.9. The number of carbonyl (C=O) groups is 1. The van der Waals surface area contributed by atoms with Crippen molar-refractivity contribution < 1.29 is 19.9 Å². The van der Waals surface area contributed by atoms with Crippen LogP contribution in [0.15, 0.2) is 36.5 Å². The van der Waals surface area contributed by atoms with E-state index in [9.17, 15) is 9.90 Å². The lowest BCUT2D eigenvalue weighted by Crippen LogP contribution is -2.52. The van der Waals surface area contributed by atoms with Gasteiger partial charge in [0.1, 0.15) is 5.54 Å². The Labute approximate surface area is 151 Å². The summed E-state index contributed by atoms with van der Waals surface area (Å²) in [6, 6.07) is 0. The molecule has 0 bridgehead atoms. The summed E-state index contributed by atoms with van der Waals surface area (Å²) in [6.45, 7) is 10.0. The predicted octanol–water partition coefficient (Wildman–Crippen LogP) is 1.44. The van der Waals surface area contributed by atoms with Gasteiger partial charge in [-0.3, -0.25) is 9.69 Å². The van der Waals surface area contributed by atoms with Crippen LogP contribution in [0.4, 0.5) is 0 Å². The van der Waals surface area contributed by atoms with Crippen LogP contribution in [0.2, 0.25) is 6.32 Å². The Hall–Kier alpha value is -1.41. The van der Waals surface area contributed by atoms with Crippen LogP contribution in [0, 0.1) is 0 Å². The number of allylic oxidation sites excluding steroid dienone is 1. The van der Waals surface area contributed by atoms with E-state index < -0.39 is 18.6 Å². The summed E-state index contributed by atoms with van der Waals surface area (Å²) >= 11 is 0. The van der Waals surface area contributed by atoms with Crippen molar-refractivity contribution in [3.8, 4) is 0 Å². The summed E-state index contributed by atoms with van der Waals surface area (Å²) < 4.78 is 0. The Morgan fingerprint density at radius 2 is 1.96 bits per heavy atom. The summed E-state index contributed by atoms with van der Waals surface area (Å²) in [4.78, 5) is 14.1. The van der Waals surface area contributed by atoms with Gasteiger partial charge >= 0.3 is 13.1 Å². The highest BCUT2D eigenvalue weighted by molar-refractivity contribution is 6.40. The van der Waals surface area contributed by atoms with Gasteiger partial charge in [-0.05, 0) is 43.8 Å². The molecular weight excluding hydrogens is 319 g/mol. The molecule has 1 aliphatic heterocycles. The Morgan fingerprint density at radius 1 is 1.28 bits per heavy atom. The molecule has 0 amide bonds. The number of hydrogen-bond donors (Lipinski definition) is 4. The van der Waals surface area contributed by atoms with E-state index in [4.69, 9.17) is 10.0 Å². The van der Waals surface area contributed by atoms with Crippen molar-refractivity contribution in [2.75, 3.05) is 26.7 Å². The fourth-order valence-corrected chi connectivity index (χ4v) is 3.28. The average Bonchev–Trinajstić information content (AvgIpc) is 2.60. The minimum absolute atomic E-state index is 0.267.